The van der Waals surface area contributed by atoms with E-state index in [1.54, 1.807) is 0 Å². The standard InChI is InChI=1S/C12H14ClF2NO/c1-8-6-10(15)11(7-9(8)14)16-12(17)4-2-3-5-13/h6-7H,2-5H2,1H3,(H,16,17). The number of amides is 1. The minimum absolute atomic E-state index is 0.121. The van der Waals surface area contributed by atoms with Crippen molar-refractivity contribution in [3.8, 4) is 0 Å². The Bertz CT molecular complexity index is 410. The van der Waals surface area contributed by atoms with E-state index in [9.17, 15) is 13.6 Å². The summed E-state index contributed by atoms with van der Waals surface area (Å²) in [6, 6.07) is 2.05. The van der Waals surface area contributed by atoms with Crippen molar-refractivity contribution < 1.29 is 13.6 Å². The summed E-state index contributed by atoms with van der Waals surface area (Å²) in [6.07, 6.45) is 1.60. The van der Waals surface area contributed by atoms with Crippen LogP contribution in [0.3, 0.4) is 0 Å². The first-order valence-electron chi connectivity index (χ1n) is 5.36. The summed E-state index contributed by atoms with van der Waals surface area (Å²) in [5, 5.41) is 2.34. The average molecular weight is 262 g/mol. The Morgan fingerprint density at radius 1 is 1.29 bits per heavy atom. The molecule has 0 saturated heterocycles. The average Bonchev–Trinajstić information content (AvgIpc) is 2.26. The lowest BCUT2D eigenvalue weighted by molar-refractivity contribution is -0.116. The maximum absolute atomic E-state index is 13.4. The van der Waals surface area contributed by atoms with E-state index >= 15 is 0 Å². The molecule has 5 heteroatoms. The van der Waals surface area contributed by atoms with Gasteiger partial charge < -0.3 is 5.32 Å². The number of nitrogens with one attached hydrogen (secondary N) is 1. The highest BCUT2D eigenvalue weighted by Crippen LogP contribution is 2.19. The first-order valence-corrected chi connectivity index (χ1v) is 5.89. The zero-order valence-corrected chi connectivity index (χ0v) is 10.3. The Labute approximate surface area is 104 Å². The highest BCUT2D eigenvalue weighted by atomic mass is 35.5. The van der Waals surface area contributed by atoms with Gasteiger partial charge in [0, 0.05) is 18.4 Å². The molecule has 0 fully saturated rings. The lowest BCUT2D eigenvalue weighted by atomic mass is 10.2. The monoisotopic (exact) mass is 261 g/mol. The largest absolute Gasteiger partial charge is 0.324 e. The molecule has 1 aromatic rings. The molecule has 0 unspecified atom stereocenters. The molecule has 0 heterocycles. The van der Waals surface area contributed by atoms with Crippen molar-refractivity contribution in [2.45, 2.75) is 26.2 Å². The number of alkyl halides is 1. The predicted octanol–water partition coefficient (Wildman–Crippen LogP) is 3.62. The quantitative estimate of drug-likeness (QED) is 0.637. The third-order valence-corrected chi connectivity index (χ3v) is 2.58. The Balaban J connectivity index is 2.62. The van der Waals surface area contributed by atoms with E-state index in [1.165, 1.54) is 6.92 Å². The molecule has 0 aromatic heterocycles. The number of hydrogen-bond acceptors (Lipinski definition) is 1. The Kier molecular flexibility index (Phi) is 5.35. The van der Waals surface area contributed by atoms with Gasteiger partial charge in [0.2, 0.25) is 5.91 Å². The molecule has 2 nitrogen and oxygen atoms in total. The second-order valence-corrected chi connectivity index (χ2v) is 4.15. The molecule has 0 aliphatic carbocycles. The molecule has 0 aliphatic rings. The van der Waals surface area contributed by atoms with Gasteiger partial charge in [-0.1, -0.05) is 0 Å². The molecule has 0 spiro atoms. The first kappa shape index (κ1) is 13.9. The fraction of sp³-hybridized carbons (Fsp3) is 0.417. The Hall–Kier alpha value is -1.16. The zero-order valence-electron chi connectivity index (χ0n) is 9.53. The summed E-state index contributed by atoms with van der Waals surface area (Å²) in [4.78, 5) is 11.4. The molecule has 0 radical (unpaired) electrons. The SMILES string of the molecule is Cc1cc(F)c(NC(=O)CCCCCl)cc1F. The number of hydrogen-bond donors (Lipinski definition) is 1. The van der Waals surface area contributed by atoms with Crippen LogP contribution in [0, 0.1) is 18.6 Å². The van der Waals surface area contributed by atoms with Crippen LogP contribution in [0.4, 0.5) is 14.5 Å². The fourth-order valence-corrected chi connectivity index (χ4v) is 1.52. The van der Waals surface area contributed by atoms with Crippen molar-refractivity contribution in [1.82, 2.24) is 0 Å². The van der Waals surface area contributed by atoms with Crippen molar-refractivity contribution in [2.75, 3.05) is 11.2 Å². The number of unbranched alkanes of at least 4 members (excludes halogenated alkanes) is 1. The highest BCUT2D eigenvalue weighted by Gasteiger charge is 2.10. The van der Waals surface area contributed by atoms with Crippen molar-refractivity contribution in [3.63, 3.8) is 0 Å². The highest BCUT2D eigenvalue weighted by molar-refractivity contribution is 6.17. The molecule has 1 rings (SSSR count). The van der Waals surface area contributed by atoms with E-state index in [0.29, 0.717) is 12.3 Å². The van der Waals surface area contributed by atoms with Gasteiger partial charge in [-0.3, -0.25) is 4.79 Å². The third kappa shape index (κ3) is 4.30. The molecule has 0 aliphatic heterocycles. The third-order valence-electron chi connectivity index (χ3n) is 2.31. The molecular weight excluding hydrogens is 248 g/mol. The van der Waals surface area contributed by atoms with Gasteiger partial charge in [0.05, 0.1) is 5.69 Å². The lowest BCUT2D eigenvalue weighted by Gasteiger charge is -2.07. The maximum Gasteiger partial charge on any atom is 0.224 e. The van der Waals surface area contributed by atoms with E-state index in [1.807, 2.05) is 0 Å². The van der Waals surface area contributed by atoms with Gasteiger partial charge in [0.15, 0.2) is 0 Å². The maximum atomic E-state index is 13.4. The summed E-state index contributed by atoms with van der Waals surface area (Å²) in [6.45, 7) is 1.46. The van der Waals surface area contributed by atoms with Crippen LogP contribution < -0.4 is 5.32 Å². The number of carbonyl (C=O) groups excluding carboxylic acids is 1. The smallest absolute Gasteiger partial charge is 0.224 e. The van der Waals surface area contributed by atoms with Crippen LogP contribution in [0.15, 0.2) is 12.1 Å². The van der Waals surface area contributed by atoms with Crippen molar-refractivity contribution in [2.24, 2.45) is 0 Å². The number of halogens is 3. The second kappa shape index (κ2) is 6.55. The number of anilines is 1. The van der Waals surface area contributed by atoms with Gasteiger partial charge in [-0.05, 0) is 31.4 Å². The molecule has 1 N–H and O–H groups in total. The van der Waals surface area contributed by atoms with Crippen LogP contribution in [0.25, 0.3) is 0 Å². The van der Waals surface area contributed by atoms with Crippen LogP contribution in [-0.2, 0) is 4.79 Å². The molecule has 0 bridgehead atoms. The summed E-state index contributed by atoms with van der Waals surface area (Å²) >= 11 is 5.47. The van der Waals surface area contributed by atoms with Gasteiger partial charge in [-0.2, -0.15) is 0 Å². The van der Waals surface area contributed by atoms with E-state index in [-0.39, 0.29) is 23.6 Å². The van der Waals surface area contributed by atoms with Gasteiger partial charge >= 0.3 is 0 Å². The van der Waals surface area contributed by atoms with Crippen LogP contribution in [-0.4, -0.2) is 11.8 Å². The summed E-state index contributed by atoms with van der Waals surface area (Å²) in [5.41, 5.74) is 0.0895. The summed E-state index contributed by atoms with van der Waals surface area (Å²) < 4.78 is 26.6. The topological polar surface area (TPSA) is 29.1 Å². The summed E-state index contributed by atoms with van der Waals surface area (Å²) in [7, 11) is 0. The molecule has 0 atom stereocenters. The molecule has 1 amide bonds. The minimum atomic E-state index is -0.630. The van der Waals surface area contributed by atoms with Crippen LogP contribution in [0.2, 0.25) is 0 Å². The van der Waals surface area contributed by atoms with Gasteiger partial charge in [-0.25, -0.2) is 8.78 Å². The summed E-state index contributed by atoms with van der Waals surface area (Å²) in [5.74, 6) is -1.02. The van der Waals surface area contributed by atoms with E-state index in [4.69, 9.17) is 11.6 Å². The van der Waals surface area contributed by atoms with Crippen molar-refractivity contribution in [3.05, 3.63) is 29.3 Å². The number of aryl methyl sites for hydroxylation is 1. The number of rotatable bonds is 5. The zero-order chi connectivity index (χ0) is 12.8. The van der Waals surface area contributed by atoms with E-state index < -0.39 is 11.6 Å². The van der Waals surface area contributed by atoms with E-state index in [0.717, 1.165) is 18.6 Å². The normalized spacial score (nSPS) is 10.4. The molecule has 94 valence electrons. The van der Waals surface area contributed by atoms with Crippen molar-refractivity contribution in [1.29, 1.82) is 0 Å². The predicted molar refractivity (Wildman–Crippen MR) is 64.3 cm³/mol. The molecule has 1 aromatic carbocycles. The molecule has 17 heavy (non-hydrogen) atoms. The fourth-order valence-electron chi connectivity index (χ4n) is 1.33. The Morgan fingerprint density at radius 2 is 2.00 bits per heavy atom. The van der Waals surface area contributed by atoms with Gasteiger partial charge in [0.1, 0.15) is 11.6 Å². The Morgan fingerprint density at radius 3 is 2.65 bits per heavy atom. The van der Waals surface area contributed by atoms with Crippen molar-refractivity contribution >= 4 is 23.2 Å². The second-order valence-electron chi connectivity index (χ2n) is 3.78. The van der Waals surface area contributed by atoms with Gasteiger partial charge in [-0.15, -0.1) is 11.6 Å². The van der Waals surface area contributed by atoms with Crippen LogP contribution in [0.1, 0.15) is 24.8 Å². The first-order chi connectivity index (χ1) is 8.04. The number of carbonyl (C=O) groups is 1. The molecular formula is C12H14ClF2NO. The molecule has 0 saturated carbocycles. The van der Waals surface area contributed by atoms with Crippen LogP contribution >= 0.6 is 11.6 Å². The van der Waals surface area contributed by atoms with E-state index in [2.05, 4.69) is 5.32 Å². The van der Waals surface area contributed by atoms with Gasteiger partial charge in [0.25, 0.3) is 0 Å². The number of benzene rings is 1. The van der Waals surface area contributed by atoms with Crippen LogP contribution in [0.5, 0.6) is 0 Å². The minimum Gasteiger partial charge on any atom is -0.324 e. The lowest BCUT2D eigenvalue weighted by Crippen LogP contribution is -2.12.